The summed E-state index contributed by atoms with van der Waals surface area (Å²) in [5.74, 6) is 1.10. The Hall–Kier alpha value is -3.22. The molecule has 26 heavy (non-hydrogen) atoms. The lowest BCUT2D eigenvalue weighted by Gasteiger charge is -2.09. The summed E-state index contributed by atoms with van der Waals surface area (Å²) in [6.07, 6.45) is 8.11. The van der Waals surface area contributed by atoms with Crippen LogP contribution >= 0.6 is 0 Å². The van der Waals surface area contributed by atoms with Crippen molar-refractivity contribution in [2.75, 3.05) is 11.9 Å². The van der Waals surface area contributed by atoms with Crippen molar-refractivity contribution in [1.29, 1.82) is 5.41 Å². The fourth-order valence-corrected chi connectivity index (χ4v) is 2.44. The molecule has 7 nitrogen and oxygen atoms in total. The molecule has 0 fully saturated rings. The molecule has 2 N–H and O–H groups in total. The van der Waals surface area contributed by atoms with Crippen molar-refractivity contribution >= 4 is 11.5 Å². The number of nitrogens with zero attached hydrogens (tertiary/aromatic N) is 4. The van der Waals surface area contributed by atoms with Gasteiger partial charge in [-0.25, -0.2) is 4.98 Å². The molecule has 3 aromatic rings. The molecule has 0 atom stereocenters. The Balaban J connectivity index is 1.35. The van der Waals surface area contributed by atoms with Gasteiger partial charge in [-0.15, -0.1) is 0 Å². The summed E-state index contributed by atoms with van der Waals surface area (Å²) < 4.78 is 7.60. The van der Waals surface area contributed by atoms with E-state index in [1.807, 2.05) is 41.1 Å². The summed E-state index contributed by atoms with van der Waals surface area (Å²) in [7, 11) is 0. The second-order valence-corrected chi connectivity index (χ2v) is 5.81. The zero-order valence-electron chi connectivity index (χ0n) is 14.5. The van der Waals surface area contributed by atoms with E-state index in [4.69, 9.17) is 10.1 Å². The van der Waals surface area contributed by atoms with Gasteiger partial charge in [0.1, 0.15) is 29.9 Å². The molecular formula is C19H22N6O. The van der Waals surface area contributed by atoms with Gasteiger partial charge in [0.05, 0.1) is 6.61 Å². The van der Waals surface area contributed by atoms with E-state index >= 15 is 0 Å². The van der Waals surface area contributed by atoms with Gasteiger partial charge in [-0.05, 0) is 55.7 Å². The van der Waals surface area contributed by atoms with Crippen LogP contribution in [0.25, 0.3) is 0 Å². The monoisotopic (exact) mass is 350 g/mol. The highest BCUT2D eigenvalue weighted by Gasteiger charge is 2.03. The van der Waals surface area contributed by atoms with Crippen molar-refractivity contribution in [3.8, 4) is 5.75 Å². The van der Waals surface area contributed by atoms with Gasteiger partial charge in [0.2, 0.25) is 0 Å². The highest BCUT2D eigenvalue weighted by Crippen LogP contribution is 2.16. The fourth-order valence-electron chi connectivity index (χ4n) is 2.44. The number of ether oxygens (including phenoxy) is 1. The van der Waals surface area contributed by atoms with Crippen LogP contribution in [0, 0.1) is 5.41 Å². The molecule has 0 bridgehead atoms. The Kier molecular flexibility index (Phi) is 6.30. The molecule has 0 saturated carbocycles. The number of hydrogen-bond donors (Lipinski definition) is 2. The van der Waals surface area contributed by atoms with Crippen molar-refractivity contribution in [2.24, 2.45) is 0 Å². The first-order valence-corrected chi connectivity index (χ1v) is 8.63. The Morgan fingerprint density at radius 2 is 1.96 bits per heavy atom. The Morgan fingerprint density at radius 3 is 2.69 bits per heavy atom. The molecule has 0 aliphatic rings. The first-order chi connectivity index (χ1) is 12.8. The van der Waals surface area contributed by atoms with Crippen molar-refractivity contribution < 1.29 is 4.74 Å². The van der Waals surface area contributed by atoms with Gasteiger partial charge < -0.3 is 10.1 Å². The molecule has 1 aromatic carbocycles. The van der Waals surface area contributed by atoms with Crippen LogP contribution in [0.2, 0.25) is 0 Å². The molecule has 0 unspecified atom stereocenters. The largest absolute Gasteiger partial charge is 0.494 e. The van der Waals surface area contributed by atoms with Gasteiger partial charge in [-0.2, -0.15) is 5.10 Å². The highest BCUT2D eigenvalue weighted by molar-refractivity contribution is 6.04. The second-order valence-electron chi connectivity index (χ2n) is 5.81. The third kappa shape index (κ3) is 5.41. The normalized spacial score (nSPS) is 10.5. The molecule has 7 heteroatoms. The lowest BCUT2D eigenvalue weighted by molar-refractivity contribution is 0.303. The lowest BCUT2D eigenvalue weighted by atomic mass is 10.2. The van der Waals surface area contributed by atoms with Crippen molar-refractivity contribution in [2.45, 2.75) is 25.8 Å². The molecule has 0 amide bonds. The Morgan fingerprint density at radius 1 is 1.08 bits per heavy atom. The maximum atomic E-state index is 8.03. The van der Waals surface area contributed by atoms with E-state index in [9.17, 15) is 0 Å². The number of anilines is 1. The van der Waals surface area contributed by atoms with Gasteiger partial charge in [-0.3, -0.25) is 15.1 Å². The SMILES string of the molecule is N=C(Nc1ccc(OCCCCCn2cncn2)cc1)c1ccccn1. The summed E-state index contributed by atoms with van der Waals surface area (Å²) in [5, 5.41) is 15.1. The van der Waals surface area contributed by atoms with Crippen molar-refractivity contribution in [1.82, 2.24) is 19.7 Å². The first kappa shape index (κ1) is 17.6. The number of aryl methyl sites for hydroxylation is 1. The predicted molar refractivity (Wildman–Crippen MR) is 100 cm³/mol. The van der Waals surface area contributed by atoms with E-state index in [-0.39, 0.29) is 5.84 Å². The van der Waals surface area contributed by atoms with E-state index in [0.29, 0.717) is 12.3 Å². The van der Waals surface area contributed by atoms with Crippen LogP contribution in [-0.2, 0) is 6.54 Å². The van der Waals surface area contributed by atoms with Crippen LogP contribution in [0.15, 0.2) is 61.3 Å². The number of aromatic nitrogens is 4. The molecule has 0 aliphatic carbocycles. The highest BCUT2D eigenvalue weighted by atomic mass is 16.5. The third-order valence-corrected chi connectivity index (χ3v) is 3.81. The zero-order chi connectivity index (χ0) is 18.0. The smallest absolute Gasteiger partial charge is 0.148 e. The minimum atomic E-state index is 0.270. The lowest BCUT2D eigenvalue weighted by Crippen LogP contribution is -2.13. The van der Waals surface area contributed by atoms with Gasteiger partial charge in [0.25, 0.3) is 0 Å². The quantitative estimate of drug-likeness (QED) is 0.351. The van der Waals surface area contributed by atoms with Crippen LogP contribution in [0.1, 0.15) is 25.0 Å². The maximum Gasteiger partial charge on any atom is 0.148 e. The average molecular weight is 350 g/mol. The molecule has 3 rings (SSSR count). The zero-order valence-corrected chi connectivity index (χ0v) is 14.5. The van der Waals surface area contributed by atoms with Gasteiger partial charge in [0, 0.05) is 18.4 Å². The molecular weight excluding hydrogens is 328 g/mol. The average Bonchev–Trinajstić information content (AvgIpc) is 3.20. The van der Waals surface area contributed by atoms with Gasteiger partial charge >= 0.3 is 0 Å². The number of benzene rings is 1. The molecule has 0 saturated heterocycles. The Labute approximate surface area is 152 Å². The standard InChI is InChI=1S/C19H22N6O/c20-19(18-6-2-3-11-22-18)24-16-7-9-17(10-8-16)26-13-5-1-4-12-25-15-21-14-23-25/h2-3,6-11,14-15H,1,4-5,12-13H2,(H2,20,24). The summed E-state index contributed by atoms with van der Waals surface area (Å²) in [6.45, 7) is 1.58. The van der Waals surface area contributed by atoms with Crippen molar-refractivity contribution in [3.63, 3.8) is 0 Å². The number of hydrogen-bond acceptors (Lipinski definition) is 5. The van der Waals surface area contributed by atoms with E-state index in [1.165, 1.54) is 0 Å². The summed E-state index contributed by atoms with van der Waals surface area (Å²) in [5.41, 5.74) is 1.44. The number of nitrogens with one attached hydrogen (secondary N) is 2. The van der Waals surface area contributed by atoms with Crippen molar-refractivity contribution in [3.05, 3.63) is 67.0 Å². The first-order valence-electron chi connectivity index (χ1n) is 8.63. The predicted octanol–water partition coefficient (Wildman–Crippen LogP) is 3.36. The molecule has 2 aromatic heterocycles. The summed E-state index contributed by atoms with van der Waals surface area (Å²) in [4.78, 5) is 8.08. The molecule has 134 valence electrons. The number of unbranched alkanes of at least 4 members (excludes halogenated alkanes) is 2. The van der Waals surface area contributed by atoms with Crippen LogP contribution in [0.3, 0.4) is 0 Å². The number of rotatable bonds is 9. The van der Waals surface area contributed by atoms with Crippen LogP contribution in [0.4, 0.5) is 5.69 Å². The van der Waals surface area contributed by atoms with E-state index < -0.39 is 0 Å². The van der Waals surface area contributed by atoms with E-state index in [2.05, 4.69) is 20.4 Å². The molecule has 0 spiro atoms. The third-order valence-electron chi connectivity index (χ3n) is 3.81. The molecule has 2 heterocycles. The summed E-state index contributed by atoms with van der Waals surface area (Å²) in [6, 6.07) is 13.1. The number of amidine groups is 1. The van der Waals surface area contributed by atoms with Crippen LogP contribution in [-0.4, -0.2) is 32.2 Å². The Bertz CT molecular complexity index is 787. The molecule has 0 aliphatic heterocycles. The maximum absolute atomic E-state index is 8.03. The minimum absolute atomic E-state index is 0.270. The van der Waals surface area contributed by atoms with E-state index in [1.54, 1.807) is 24.9 Å². The van der Waals surface area contributed by atoms with Crippen LogP contribution in [0.5, 0.6) is 5.75 Å². The summed E-state index contributed by atoms with van der Waals surface area (Å²) >= 11 is 0. The van der Waals surface area contributed by atoms with Crippen LogP contribution < -0.4 is 10.1 Å². The fraction of sp³-hybridized carbons (Fsp3) is 0.263. The number of pyridine rings is 1. The van der Waals surface area contributed by atoms with Gasteiger partial charge in [0.15, 0.2) is 0 Å². The molecule has 0 radical (unpaired) electrons. The van der Waals surface area contributed by atoms with E-state index in [0.717, 1.165) is 37.2 Å². The second kappa shape index (κ2) is 9.31. The minimum Gasteiger partial charge on any atom is -0.494 e. The van der Waals surface area contributed by atoms with Gasteiger partial charge in [-0.1, -0.05) is 6.07 Å². The topological polar surface area (TPSA) is 88.7 Å².